The van der Waals surface area contributed by atoms with Crippen LogP contribution in [-0.2, 0) is 9.59 Å². The van der Waals surface area contributed by atoms with Crippen molar-refractivity contribution in [3.63, 3.8) is 0 Å². The van der Waals surface area contributed by atoms with E-state index in [0.29, 0.717) is 12.3 Å². The number of benzene rings is 3. The molecule has 0 fully saturated rings. The number of amides is 2. The van der Waals surface area contributed by atoms with Gasteiger partial charge >= 0.3 is 0 Å². The number of hydrogen-bond donors (Lipinski definition) is 3. The first-order chi connectivity index (χ1) is 18.1. The first-order valence-electron chi connectivity index (χ1n) is 12.3. The third kappa shape index (κ3) is 5.09. The Hall–Kier alpha value is -4.46. The molecule has 2 heterocycles. The fraction of sp³-hybridized carbons (Fsp3) is 0.241. The molecule has 1 aliphatic rings. The molecule has 0 saturated carbocycles. The molecule has 3 N–H and O–H groups in total. The Morgan fingerprint density at radius 2 is 1.84 bits per heavy atom. The quantitative estimate of drug-likeness (QED) is 0.346. The summed E-state index contributed by atoms with van der Waals surface area (Å²) in [5.41, 5.74) is 4.02. The molecule has 190 valence electrons. The molecule has 1 aliphatic heterocycles. The summed E-state index contributed by atoms with van der Waals surface area (Å²) in [5, 5.41) is 6.88. The molecule has 4 aromatic rings. The van der Waals surface area contributed by atoms with Crippen molar-refractivity contribution in [2.24, 2.45) is 0 Å². The molecule has 2 atom stereocenters. The molecule has 37 heavy (non-hydrogen) atoms. The van der Waals surface area contributed by atoms with Gasteiger partial charge in [-0.3, -0.25) is 9.59 Å². The van der Waals surface area contributed by atoms with Gasteiger partial charge in [-0.2, -0.15) is 0 Å². The van der Waals surface area contributed by atoms with Gasteiger partial charge in [0.05, 0.1) is 25.9 Å². The van der Waals surface area contributed by atoms with E-state index >= 15 is 0 Å². The zero-order valence-electron chi connectivity index (χ0n) is 20.9. The lowest BCUT2D eigenvalue weighted by Gasteiger charge is -2.35. The largest absolute Gasteiger partial charge is 0.497 e. The summed E-state index contributed by atoms with van der Waals surface area (Å²) in [7, 11) is 3.22. The number of H-pyrrole nitrogens is 1. The third-order valence-corrected chi connectivity index (χ3v) is 6.75. The van der Waals surface area contributed by atoms with Crippen LogP contribution in [0, 0.1) is 0 Å². The summed E-state index contributed by atoms with van der Waals surface area (Å²) in [6.07, 6.45) is 1.32. The highest BCUT2D eigenvalue weighted by Crippen LogP contribution is 2.34. The van der Waals surface area contributed by atoms with Crippen molar-refractivity contribution in [2.75, 3.05) is 38.7 Å². The predicted octanol–water partition coefficient (Wildman–Crippen LogP) is 3.44. The molecule has 1 aromatic heterocycles. The van der Waals surface area contributed by atoms with Gasteiger partial charge in [-0.05, 0) is 41.5 Å². The Balaban J connectivity index is 1.36. The minimum absolute atomic E-state index is 0.0680. The van der Waals surface area contributed by atoms with Gasteiger partial charge in [-0.15, -0.1) is 0 Å². The van der Waals surface area contributed by atoms with Crippen LogP contribution < -0.4 is 25.0 Å². The van der Waals surface area contributed by atoms with Crippen molar-refractivity contribution in [2.45, 2.75) is 12.0 Å². The van der Waals surface area contributed by atoms with Gasteiger partial charge in [0, 0.05) is 36.6 Å². The van der Waals surface area contributed by atoms with Crippen LogP contribution in [0.3, 0.4) is 0 Å². The fourth-order valence-corrected chi connectivity index (χ4v) is 4.83. The number of nitrogens with zero attached hydrogens (tertiary/aromatic N) is 1. The minimum atomic E-state index is -0.689. The molecule has 0 spiro atoms. The molecule has 0 aliphatic carbocycles. The number of anilines is 1. The zero-order valence-corrected chi connectivity index (χ0v) is 20.9. The van der Waals surface area contributed by atoms with Crippen LogP contribution in [0.5, 0.6) is 11.5 Å². The van der Waals surface area contributed by atoms with Crippen LogP contribution in [0.2, 0.25) is 0 Å². The second kappa shape index (κ2) is 10.7. The summed E-state index contributed by atoms with van der Waals surface area (Å²) in [6, 6.07) is 23.5. The topological polar surface area (TPSA) is 95.7 Å². The number of carbonyl (C=O) groups excluding carboxylic acids is 2. The van der Waals surface area contributed by atoms with Gasteiger partial charge in [0.15, 0.2) is 6.10 Å². The minimum Gasteiger partial charge on any atom is -0.497 e. The maximum atomic E-state index is 13.2. The SMILES string of the molecule is CNC(=O)C1CN(CC(=O)NCC(c2ccc(OC)cc2)c2c[nH]c3ccccc23)c2ccccc2O1. The van der Waals surface area contributed by atoms with E-state index < -0.39 is 6.10 Å². The molecule has 0 saturated heterocycles. The van der Waals surface area contributed by atoms with Crippen molar-refractivity contribution >= 4 is 28.4 Å². The molecule has 3 aromatic carbocycles. The number of ether oxygens (including phenoxy) is 2. The second-order valence-electron chi connectivity index (χ2n) is 8.99. The molecule has 2 amide bonds. The van der Waals surface area contributed by atoms with Crippen molar-refractivity contribution < 1.29 is 19.1 Å². The van der Waals surface area contributed by atoms with Gasteiger partial charge in [0.1, 0.15) is 11.5 Å². The van der Waals surface area contributed by atoms with Crippen LogP contribution in [-0.4, -0.2) is 56.7 Å². The van der Waals surface area contributed by atoms with E-state index in [1.807, 2.05) is 77.8 Å². The van der Waals surface area contributed by atoms with Crippen LogP contribution in [0.4, 0.5) is 5.69 Å². The Morgan fingerprint density at radius 3 is 2.62 bits per heavy atom. The Morgan fingerprint density at radius 1 is 1.08 bits per heavy atom. The molecule has 8 nitrogen and oxygen atoms in total. The van der Waals surface area contributed by atoms with E-state index in [2.05, 4.69) is 21.7 Å². The van der Waals surface area contributed by atoms with Crippen molar-refractivity contribution in [3.05, 3.63) is 90.1 Å². The van der Waals surface area contributed by atoms with Gasteiger partial charge in [-0.25, -0.2) is 0 Å². The molecule has 5 rings (SSSR count). The number of rotatable bonds is 8. The Labute approximate surface area is 215 Å². The molecule has 2 unspecified atom stereocenters. The maximum absolute atomic E-state index is 13.2. The van der Waals surface area contributed by atoms with E-state index in [0.717, 1.165) is 33.5 Å². The Kier molecular flexibility index (Phi) is 6.98. The molecular formula is C29H30N4O4. The molecular weight excluding hydrogens is 468 g/mol. The van der Waals surface area contributed by atoms with Crippen LogP contribution in [0.1, 0.15) is 17.0 Å². The summed E-state index contributed by atoms with van der Waals surface area (Å²) < 4.78 is 11.2. The number of carbonyl (C=O) groups is 2. The number of methoxy groups -OCH3 is 1. The smallest absolute Gasteiger partial charge is 0.262 e. The average Bonchev–Trinajstić information content (AvgIpc) is 3.37. The van der Waals surface area contributed by atoms with E-state index in [1.165, 1.54) is 0 Å². The summed E-state index contributed by atoms with van der Waals surface area (Å²) in [4.78, 5) is 30.7. The number of fused-ring (bicyclic) bond motifs is 2. The lowest BCUT2D eigenvalue weighted by molar-refractivity contribution is -0.127. The summed E-state index contributed by atoms with van der Waals surface area (Å²) in [6.45, 7) is 0.809. The van der Waals surface area contributed by atoms with Gasteiger partial charge < -0.3 is 30.0 Å². The monoisotopic (exact) mass is 498 g/mol. The van der Waals surface area contributed by atoms with E-state index in [-0.39, 0.29) is 30.8 Å². The summed E-state index contributed by atoms with van der Waals surface area (Å²) >= 11 is 0. The first kappa shape index (κ1) is 24.2. The highest BCUT2D eigenvalue weighted by molar-refractivity contribution is 5.87. The molecule has 0 radical (unpaired) electrons. The van der Waals surface area contributed by atoms with Gasteiger partial charge in [0.25, 0.3) is 5.91 Å². The highest BCUT2D eigenvalue weighted by atomic mass is 16.5. The average molecular weight is 499 g/mol. The maximum Gasteiger partial charge on any atom is 0.262 e. The normalized spacial score (nSPS) is 15.4. The van der Waals surface area contributed by atoms with E-state index in [9.17, 15) is 9.59 Å². The number of likely N-dealkylation sites (N-methyl/N-ethyl adjacent to an activating group) is 1. The number of hydrogen-bond acceptors (Lipinski definition) is 5. The number of aromatic amines is 1. The van der Waals surface area contributed by atoms with Crippen LogP contribution in [0.15, 0.2) is 79.0 Å². The molecule has 0 bridgehead atoms. The molecule has 8 heteroatoms. The van der Waals surface area contributed by atoms with Crippen molar-refractivity contribution in [3.8, 4) is 11.5 Å². The number of para-hydroxylation sites is 3. The number of nitrogens with one attached hydrogen (secondary N) is 3. The lowest BCUT2D eigenvalue weighted by atomic mass is 9.90. The van der Waals surface area contributed by atoms with E-state index in [1.54, 1.807) is 14.2 Å². The Bertz CT molecular complexity index is 1400. The third-order valence-electron chi connectivity index (χ3n) is 6.75. The van der Waals surface area contributed by atoms with Gasteiger partial charge in [0.2, 0.25) is 5.91 Å². The lowest BCUT2D eigenvalue weighted by Crippen LogP contribution is -2.50. The summed E-state index contributed by atoms with van der Waals surface area (Å²) in [5.74, 6) is 0.943. The van der Waals surface area contributed by atoms with Crippen LogP contribution >= 0.6 is 0 Å². The fourth-order valence-electron chi connectivity index (χ4n) is 4.83. The van der Waals surface area contributed by atoms with E-state index in [4.69, 9.17) is 9.47 Å². The van der Waals surface area contributed by atoms with Crippen molar-refractivity contribution in [1.29, 1.82) is 0 Å². The highest BCUT2D eigenvalue weighted by Gasteiger charge is 2.31. The first-order valence-corrected chi connectivity index (χ1v) is 12.3. The predicted molar refractivity (Wildman–Crippen MR) is 143 cm³/mol. The van der Waals surface area contributed by atoms with Crippen molar-refractivity contribution in [1.82, 2.24) is 15.6 Å². The standard InChI is InChI=1S/C29H30N4O4/c1-30-29(35)27-17-33(25-9-5-6-10-26(25)37-27)18-28(34)32-15-22(19-11-13-20(36-2)14-12-19)23-16-31-24-8-4-3-7-21(23)24/h3-14,16,22,27,31H,15,17-18H2,1-2H3,(H,30,35)(H,32,34). The zero-order chi connectivity index (χ0) is 25.8. The number of aromatic nitrogens is 1. The van der Waals surface area contributed by atoms with Crippen LogP contribution in [0.25, 0.3) is 10.9 Å². The second-order valence-corrected chi connectivity index (χ2v) is 8.99. The van der Waals surface area contributed by atoms with Gasteiger partial charge in [-0.1, -0.05) is 42.5 Å².